The van der Waals surface area contributed by atoms with E-state index in [1.54, 1.807) is 6.07 Å². The molecular formula is C14H15ClN2O. The van der Waals surface area contributed by atoms with Crippen LogP contribution >= 0.6 is 11.6 Å². The number of pyridine rings is 1. The zero-order valence-electron chi connectivity index (χ0n) is 10.6. The predicted molar refractivity (Wildman–Crippen MR) is 74.0 cm³/mol. The predicted octanol–water partition coefficient (Wildman–Crippen LogP) is 3.42. The Morgan fingerprint density at radius 3 is 2.61 bits per heavy atom. The maximum Gasteiger partial charge on any atom is 0.252 e. The minimum Gasteiger partial charge on any atom is -0.347 e. The molecule has 0 atom stereocenters. The number of fused-ring (bicyclic) bond motifs is 1. The minimum atomic E-state index is -0.284. The van der Waals surface area contributed by atoms with Gasteiger partial charge in [0.25, 0.3) is 5.91 Å². The maximum absolute atomic E-state index is 12.2. The molecule has 1 aromatic carbocycles. The third-order valence-electron chi connectivity index (χ3n) is 2.42. The molecule has 0 saturated heterocycles. The number of para-hydroxylation sites is 1. The molecule has 0 saturated carbocycles. The monoisotopic (exact) mass is 262 g/mol. The fourth-order valence-electron chi connectivity index (χ4n) is 1.74. The Bertz CT molecular complexity index is 602. The summed E-state index contributed by atoms with van der Waals surface area (Å²) in [5.74, 6) is -0.136. The molecule has 0 aliphatic carbocycles. The second-order valence-electron chi connectivity index (χ2n) is 5.21. The molecule has 0 radical (unpaired) electrons. The lowest BCUT2D eigenvalue weighted by Crippen LogP contribution is -2.40. The number of hydrogen-bond donors (Lipinski definition) is 1. The maximum atomic E-state index is 12.2. The van der Waals surface area contributed by atoms with Crippen molar-refractivity contribution in [2.45, 2.75) is 26.3 Å². The number of rotatable bonds is 1. The normalized spacial score (nSPS) is 11.6. The Morgan fingerprint density at radius 2 is 1.94 bits per heavy atom. The van der Waals surface area contributed by atoms with Crippen LogP contribution in [0.3, 0.4) is 0 Å². The summed E-state index contributed by atoms with van der Waals surface area (Å²) < 4.78 is 0. The van der Waals surface area contributed by atoms with E-state index in [9.17, 15) is 4.79 Å². The molecule has 0 fully saturated rings. The SMILES string of the molecule is CC(C)(C)NC(=O)c1cc(Cl)nc2ccccc12. The molecule has 0 aliphatic heterocycles. The van der Waals surface area contributed by atoms with E-state index in [4.69, 9.17) is 11.6 Å². The average Bonchev–Trinajstić information content (AvgIpc) is 2.25. The lowest BCUT2D eigenvalue weighted by molar-refractivity contribution is 0.0921. The quantitative estimate of drug-likeness (QED) is 0.800. The van der Waals surface area contributed by atoms with Gasteiger partial charge in [0.1, 0.15) is 5.15 Å². The van der Waals surface area contributed by atoms with Gasteiger partial charge < -0.3 is 5.32 Å². The summed E-state index contributed by atoms with van der Waals surface area (Å²) in [6, 6.07) is 9.07. The standard InChI is InChI=1S/C14H15ClN2O/c1-14(2,3)17-13(18)10-8-12(15)16-11-7-5-4-6-9(10)11/h4-8H,1-3H3,(H,17,18). The van der Waals surface area contributed by atoms with E-state index in [2.05, 4.69) is 10.3 Å². The lowest BCUT2D eigenvalue weighted by Gasteiger charge is -2.21. The zero-order chi connectivity index (χ0) is 13.3. The van der Waals surface area contributed by atoms with Crippen molar-refractivity contribution in [2.75, 3.05) is 0 Å². The minimum absolute atomic E-state index is 0.136. The summed E-state index contributed by atoms with van der Waals surface area (Å²) in [4.78, 5) is 16.4. The van der Waals surface area contributed by atoms with Gasteiger partial charge in [-0.05, 0) is 32.9 Å². The highest BCUT2D eigenvalue weighted by Crippen LogP contribution is 2.21. The summed E-state index contributed by atoms with van der Waals surface area (Å²) >= 11 is 5.95. The molecule has 0 aliphatic rings. The van der Waals surface area contributed by atoms with Gasteiger partial charge in [0.2, 0.25) is 0 Å². The number of halogens is 1. The van der Waals surface area contributed by atoms with Crippen LogP contribution in [0, 0.1) is 0 Å². The largest absolute Gasteiger partial charge is 0.347 e. The van der Waals surface area contributed by atoms with Crippen molar-refractivity contribution in [3.05, 3.63) is 41.0 Å². The van der Waals surface area contributed by atoms with Gasteiger partial charge in [-0.25, -0.2) is 4.98 Å². The number of benzene rings is 1. The number of aromatic nitrogens is 1. The molecule has 0 spiro atoms. The first-order chi connectivity index (χ1) is 8.37. The fourth-order valence-corrected chi connectivity index (χ4v) is 1.94. The Balaban J connectivity index is 2.53. The first-order valence-corrected chi connectivity index (χ1v) is 6.12. The summed E-state index contributed by atoms with van der Waals surface area (Å²) in [7, 11) is 0. The van der Waals surface area contributed by atoms with Crippen molar-refractivity contribution in [3.63, 3.8) is 0 Å². The van der Waals surface area contributed by atoms with Crippen molar-refractivity contribution in [3.8, 4) is 0 Å². The highest BCUT2D eigenvalue weighted by Gasteiger charge is 2.18. The zero-order valence-corrected chi connectivity index (χ0v) is 11.4. The third-order valence-corrected chi connectivity index (χ3v) is 2.61. The molecule has 4 heteroatoms. The first kappa shape index (κ1) is 12.8. The van der Waals surface area contributed by atoms with Crippen LogP contribution in [0.2, 0.25) is 5.15 Å². The van der Waals surface area contributed by atoms with Crippen molar-refractivity contribution in [1.29, 1.82) is 0 Å². The molecule has 1 N–H and O–H groups in total. The number of nitrogens with one attached hydrogen (secondary N) is 1. The van der Waals surface area contributed by atoms with Crippen LogP contribution in [0.4, 0.5) is 0 Å². The van der Waals surface area contributed by atoms with Gasteiger partial charge in [-0.15, -0.1) is 0 Å². The number of carbonyl (C=O) groups excluding carboxylic acids is 1. The van der Waals surface area contributed by atoms with Gasteiger partial charge in [0.15, 0.2) is 0 Å². The Labute approximate surface area is 111 Å². The second-order valence-corrected chi connectivity index (χ2v) is 5.60. The van der Waals surface area contributed by atoms with Crippen LogP contribution in [0.15, 0.2) is 30.3 Å². The van der Waals surface area contributed by atoms with E-state index >= 15 is 0 Å². The first-order valence-electron chi connectivity index (χ1n) is 5.75. The number of amides is 1. The van der Waals surface area contributed by atoms with Crippen molar-refractivity contribution >= 4 is 28.4 Å². The number of carbonyl (C=O) groups is 1. The number of hydrogen-bond acceptors (Lipinski definition) is 2. The van der Waals surface area contributed by atoms with Gasteiger partial charge in [-0.1, -0.05) is 29.8 Å². The van der Waals surface area contributed by atoms with Gasteiger partial charge >= 0.3 is 0 Å². The Hall–Kier alpha value is -1.61. The van der Waals surface area contributed by atoms with Gasteiger partial charge in [-0.2, -0.15) is 0 Å². The highest BCUT2D eigenvalue weighted by atomic mass is 35.5. The van der Waals surface area contributed by atoms with E-state index in [0.29, 0.717) is 10.7 Å². The smallest absolute Gasteiger partial charge is 0.252 e. The van der Waals surface area contributed by atoms with E-state index in [0.717, 1.165) is 10.9 Å². The van der Waals surface area contributed by atoms with Crippen LogP contribution in [0.5, 0.6) is 0 Å². The number of nitrogens with zero attached hydrogens (tertiary/aromatic N) is 1. The highest BCUT2D eigenvalue weighted by molar-refractivity contribution is 6.30. The topological polar surface area (TPSA) is 42.0 Å². The van der Waals surface area contributed by atoms with Crippen LogP contribution < -0.4 is 5.32 Å². The summed E-state index contributed by atoms with van der Waals surface area (Å²) in [6.07, 6.45) is 0. The molecule has 2 aromatic rings. The molecule has 1 heterocycles. The van der Waals surface area contributed by atoms with E-state index in [1.165, 1.54) is 0 Å². The second kappa shape index (κ2) is 4.58. The third kappa shape index (κ3) is 2.79. The molecule has 0 unspecified atom stereocenters. The van der Waals surface area contributed by atoms with Crippen molar-refractivity contribution < 1.29 is 4.79 Å². The van der Waals surface area contributed by atoms with E-state index < -0.39 is 0 Å². The Morgan fingerprint density at radius 1 is 1.28 bits per heavy atom. The van der Waals surface area contributed by atoms with Gasteiger partial charge in [0.05, 0.1) is 11.1 Å². The Kier molecular flexibility index (Phi) is 3.26. The van der Waals surface area contributed by atoms with Crippen molar-refractivity contribution in [1.82, 2.24) is 10.3 Å². The molecule has 0 bridgehead atoms. The fraction of sp³-hybridized carbons (Fsp3) is 0.286. The van der Waals surface area contributed by atoms with Crippen molar-refractivity contribution in [2.24, 2.45) is 0 Å². The average molecular weight is 263 g/mol. The summed E-state index contributed by atoms with van der Waals surface area (Å²) in [5.41, 5.74) is 0.998. The summed E-state index contributed by atoms with van der Waals surface area (Å²) in [6.45, 7) is 5.82. The van der Waals surface area contributed by atoms with Crippen LogP contribution in [0.25, 0.3) is 10.9 Å². The van der Waals surface area contributed by atoms with E-state index in [-0.39, 0.29) is 11.4 Å². The molecule has 94 valence electrons. The van der Waals surface area contributed by atoms with Gasteiger partial charge in [0, 0.05) is 10.9 Å². The molecular weight excluding hydrogens is 248 g/mol. The van der Waals surface area contributed by atoms with Crippen LogP contribution in [0.1, 0.15) is 31.1 Å². The molecule has 2 rings (SSSR count). The van der Waals surface area contributed by atoms with Gasteiger partial charge in [-0.3, -0.25) is 4.79 Å². The summed E-state index contributed by atoms with van der Waals surface area (Å²) in [5, 5.41) is 4.06. The van der Waals surface area contributed by atoms with Crippen LogP contribution in [-0.4, -0.2) is 16.4 Å². The van der Waals surface area contributed by atoms with Crippen LogP contribution in [-0.2, 0) is 0 Å². The lowest BCUT2D eigenvalue weighted by atomic mass is 10.1. The van der Waals surface area contributed by atoms with E-state index in [1.807, 2.05) is 45.0 Å². The molecule has 1 aromatic heterocycles. The molecule has 3 nitrogen and oxygen atoms in total. The molecule has 18 heavy (non-hydrogen) atoms. The molecule has 1 amide bonds.